The summed E-state index contributed by atoms with van der Waals surface area (Å²) < 4.78 is 0. The van der Waals surface area contributed by atoms with Crippen LogP contribution in [0.15, 0.2) is 104 Å². The van der Waals surface area contributed by atoms with Crippen LogP contribution < -0.4 is 20.9 Å². The van der Waals surface area contributed by atoms with Crippen molar-refractivity contribution >= 4 is 36.1 Å². The molecule has 0 aliphatic rings. The Labute approximate surface area is 227 Å². The van der Waals surface area contributed by atoms with Crippen LogP contribution in [0, 0.1) is 6.92 Å². The molecule has 0 aliphatic carbocycles. The summed E-state index contributed by atoms with van der Waals surface area (Å²) in [6, 6.07) is 24.0. The average Bonchev–Trinajstić information content (AvgIpc) is 2.94. The van der Waals surface area contributed by atoms with Crippen LogP contribution in [0.5, 0.6) is 0 Å². The Kier molecular flexibility index (Phi) is 8.77. The number of fused-ring (bicyclic) bond motifs is 1. The molecule has 4 rings (SSSR count). The molecule has 0 radical (unpaired) electrons. The van der Waals surface area contributed by atoms with E-state index in [-0.39, 0.29) is 0 Å². The van der Waals surface area contributed by atoms with Gasteiger partial charge in [0.15, 0.2) is 0 Å². The summed E-state index contributed by atoms with van der Waals surface area (Å²) in [4.78, 5) is 0. The summed E-state index contributed by atoms with van der Waals surface area (Å²) in [5.41, 5.74) is 7.05. The van der Waals surface area contributed by atoms with Gasteiger partial charge in [0.05, 0.1) is 0 Å². The van der Waals surface area contributed by atoms with Crippen LogP contribution in [0.3, 0.4) is 0 Å². The number of hydrogen-bond donors (Lipinski definition) is 0. The molecular formula is C38H38. The van der Waals surface area contributed by atoms with Gasteiger partial charge >= 0.3 is 0 Å². The molecular weight excluding hydrogens is 456 g/mol. The second kappa shape index (κ2) is 12.4. The van der Waals surface area contributed by atoms with Crippen molar-refractivity contribution in [3.8, 4) is 22.3 Å². The van der Waals surface area contributed by atoms with Gasteiger partial charge in [-0.25, -0.2) is 0 Å². The summed E-state index contributed by atoms with van der Waals surface area (Å²) in [6.45, 7) is 21.6. The lowest BCUT2D eigenvalue weighted by Gasteiger charge is -2.13. The maximum absolute atomic E-state index is 4.48. The van der Waals surface area contributed by atoms with Crippen LogP contribution in [-0.2, 0) is 0 Å². The lowest BCUT2D eigenvalue weighted by Crippen LogP contribution is -2.49. The van der Waals surface area contributed by atoms with Crippen LogP contribution in [-0.4, -0.2) is 0 Å². The van der Waals surface area contributed by atoms with Crippen LogP contribution in [0.4, 0.5) is 0 Å². The van der Waals surface area contributed by atoms with E-state index in [1.54, 1.807) is 0 Å². The minimum absolute atomic E-state index is 0.946. The summed E-state index contributed by atoms with van der Waals surface area (Å²) in [6.07, 6.45) is 14.8. The van der Waals surface area contributed by atoms with Crippen LogP contribution >= 0.6 is 0 Å². The first kappa shape index (κ1) is 26.9. The molecule has 0 atom stereocenters. The number of benzene rings is 4. The molecule has 0 spiro atoms. The van der Waals surface area contributed by atoms with Gasteiger partial charge in [-0.1, -0.05) is 124 Å². The molecule has 0 saturated carbocycles. The van der Waals surface area contributed by atoms with Gasteiger partial charge < -0.3 is 0 Å². The fourth-order valence-electron chi connectivity index (χ4n) is 5.14. The zero-order chi connectivity index (χ0) is 27.1. The highest BCUT2D eigenvalue weighted by Gasteiger charge is 2.10. The van der Waals surface area contributed by atoms with Gasteiger partial charge in [-0.15, -0.1) is 0 Å². The average molecular weight is 495 g/mol. The molecule has 0 aromatic heterocycles. The molecule has 38 heavy (non-hydrogen) atoms. The van der Waals surface area contributed by atoms with E-state index in [0.29, 0.717) is 0 Å². The summed E-state index contributed by atoms with van der Waals surface area (Å²) >= 11 is 0. The monoisotopic (exact) mass is 494 g/mol. The predicted octanol–water partition coefficient (Wildman–Crippen LogP) is 7.74. The van der Waals surface area contributed by atoms with Crippen molar-refractivity contribution in [2.75, 3.05) is 0 Å². The molecule has 4 aromatic carbocycles. The Morgan fingerprint density at radius 2 is 1.50 bits per heavy atom. The van der Waals surface area contributed by atoms with Gasteiger partial charge in [0.2, 0.25) is 0 Å². The molecule has 0 aliphatic heterocycles. The topological polar surface area (TPSA) is 0 Å². The second-order valence-corrected chi connectivity index (χ2v) is 9.90. The van der Waals surface area contributed by atoms with Gasteiger partial charge in [0.1, 0.15) is 0 Å². The third-order valence-electron chi connectivity index (χ3n) is 7.20. The number of rotatable bonds is 9. The van der Waals surface area contributed by atoms with Gasteiger partial charge in [0, 0.05) is 0 Å². The zero-order valence-corrected chi connectivity index (χ0v) is 22.9. The van der Waals surface area contributed by atoms with E-state index in [1.165, 1.54) is 38.6 Å². The zero-order valence-electron chi connectivity index (χ0n) is 22.9. The SMILES string of the molecule is C=C/C=c1/c(C)c(-c2cccc(-c3ccc4ccccc4c3)c2)/c(=C/C(=C)CCC/C=C\CC)c(=C)c1=C. The van der Waals surface area contributed by atoms with Gasteiger partial charge in [-0.3, -0.25) is 0 Å². The van der Waals surface area contributed by atoms with Crippen molar-refractivity contribution in [2.45, 2.75) is 39.5 Å². The van der Waals surface area contributed by atoms with E-state index in [2.05, 4.69) is 125 Å². The maximum atomic E-state index is 4.48. The Balaban J connectivity index is 1.87. The minimum atomic E-state index is 0.946. The molecule has 0 N–H and O–H groups in total. The molecule has 0 nitrogen and oxygen atoms in total. The first-order valence-corrected chi connectivity index (χ1v) is 13.5. The first-order valence-electron chi connectivity index (χ1n) is 13.5. The van der Waals surface area contributed by atoms with Crippen molar-refractivity contribution in [2.24, 2.45) is 0 Å². The minimum Gasteiger partial charge on any atom is -0.0990 e. The Hall–Kier alpha value is -4.16. The number of allylic oxidation sites excluding steroid dienone is 4. The van der Waals surface area contributed by atoms with E-state index < -0.39 is 0 Å². The second-order valence-electron chi connectivity index (χ2n) is 9.90. The largest absolute Gasteiger partial charge is 0.0990 e. The van der Waals surface area contributed by atoms with Gasteiger partial charge in [-0.2, -0.15) is 0 Å². The standard InChI is InChI=1S/C38H38/c1-7-9-10-11-12-17-27(3)24-37-29(5)28(4)36(16-8-2)30(6)38(37)35-21-15-20-33(26-35)34-23-22-31-18-13-14-19-32(31)25-34/h8-10,13-16,18-26H,2-5,7,11-12,17H2,1,6H3/b10-9-,36-16+,37-24+. The molecule has 4 aromatic rings. The van der Waals surface area contributed by atoms with Crippen molar-refractivity contribution in [3.63, 3.8) is 0 Å². The first-order chi connectivity index (χ1) is 18.4. The summed E-state index contributed by atoms with van der Waals surface area (Å²) in [7, 11) is 0. The van der Waals surface area contributed by atoms with Crippen molar-refractivity contribution < 1.29 is 0 Å². The number of unbranched alkanes of at least 4 members (excludes halogenated alkanes) is 1. The third-order valence-corrected chi connectivity index (χ3v) is 7.20. The van der Waals surface area contributed by atoms with Crippen LogP contribution in [0.25, 0.3) is 58.3 Å². The molecule has 190 valence electrons. The molecule has 0 saturated heterocycles. The third kappa shape index (κ3) is 5.87. The molecule has 0 fully saturated rings. The molecule has 0 amide bonds. The Bertz CT molecular complexity index is 1740. The number of hydrogen-bond acceptors (Lipinski definition) is 0. The van der Waals surface area contributed by atoms with E-state index in [0.717, 1.165) is 52.1 Å². The molecule has 0 unspecified atom stereocenters. The van der Waals surface area contributed by atoms with E-state index in [4.69, 9.17) is 0 Å². The Morgan fingerprint density at radius 3 is 2.26 bits per heavy atom. The summed E-state index contributed by atoms with van der Waals surface area (Å²) in [5, 5.41) is 6.59. The van der Waals surface area contributed by atoms with Gasteiger partial charge in [-0.05, 0) is 104 Å². The molecule has 0 heteroatoms. The lowest BCUT2D eigenvalue weighted by molar-refractivity contribution is 0.851. The highest BCUT2D eigenvalue weighted by Crippen LogP contribution is 2.28. The smallest absolute Gasteiger partial charge is 0.00696 e. The van der Waals surface area contributed by atoms with Crippen LogP contribution in [0.2, 0.25) is 0 Å². The van der Waals surface area contributed by atoms with Crippen molar-refractivity contribution in [1.29, 1.82) is 0 Å². The van der Waals surface area contributed by atoms with Gasteiger partial charge in [0.25, 0.3) is 0 Å². The van der Waals surface area contributed by atoms with E-state index in [1.807, 2.05) is 12.2 Å². The van der Waals surface area contributed by atoms with Crippen molar-refractivity contribution in [3.05, 3.63) is 130 Å². The van der Waals surface area contributed by atoms with Crippen molar-refractivity contribution in [1.82, 2.24) is 0 Å². The van der Waals surface area contributed by atoms with Crippen LogP contribution in [0.1, 0.15) is 38.2 Å². The Morgan fingerprint density at radius 1 is 0.789 bits per heavy atom. The fourth-order valence-corrected chi connectivity index (χ4v) is 5.14. The highest BCUT2D eigenvalue weighted by atomic mass is 14.1. The predicted molar refractivity (Wildman–Crippen MR) is 171 cm³/mol. The van der Waals surface area contributed by atoms with E-state index in [9.17, 15) is 0 Å². The molecule has 0 bridgehead atoms. The lowest BCUT2D eigenvalue weighted by atomic mass is 9.90. The summed E-state index contributed by atoms with van der Waals surface area (Å²) in [5.74, 6) is 0. The quantitative estimate of drug-likeness (QED) is 0.165. The highest BCUT2D eigenvalue weighted by molar-refractivity contribution is 5.88. The fraction of sp³-hybridized carbons (Fsp3) is 0.158. The van der Waals surface area contributed by atoms with E-state index >= 15 is 0 Å². The maximum Gasteiger partial charge on any atom is -0.00696 e. The normalized spacial score (nSPS) is 12.5. The molecule has 0 heterocycles.